The first-order valence-electron chi connectivity index (χ1n) is 18.0. The van der Waals surface area contributed by atoms with E-state index < -0.39 is 41.7 Å². The van der Waals surface area contributed by atoms with Crippen molar-refractivity contribution in [1.29, 1.82) is 0 Å². The monoisotopic (exact) mass is 727 g/mol. The minimum absolute atomic E-state index is 0.0368. The van der Waals surface area contributed by atoms with Gasteiger partial charge in [0.2, 0.25) is 17.7 Å². The molecule has 3 aliphatic heterocycles. The summed E-state index contributed by atoms with van der Waals surface area (Å²) in [6.45, 7) is 5.50. The smallest absolute Gasteiger partial charge is 0.262 e. The van der Waals surface area contributed by atoms with Gasteiger partial charge in [0, 0.05) is 49.7 Å². The number of piperidine rings is 1. The number of carbonyl (C=O) groups excluding carboxylic acids is 5. The molecule has 7 rings (SSSR count). The first kappa shape index (κ1) is 35.7. The van der Waals surface area contributed by atoms with E-state index in [1.54, 1.807) is 24.3 Å². The Morgan fingerprint density at radius 1 is 1.02 bits per heavy atom. The number of anilines is 1. The summed E-state index contributed by atoms with van der Waals surface area (Å²) < 4.78 is 0. The van der Waals surface area contributed by atoms with E-state index in [2.05, 4.69) is 32.4 Å². The molecule has 52 heavy (non-hydrogen) atoms. The summed E-state index contributed by atoms with van der Waals surface area (Å²) in [7, 11) is 0. The summed E-state index contributed by atoms with van der Waals surface area (Å²) in [5, 5.41) is 16.7. The Kier molecular flexibility index (Phi) is 10.4. The van der Waals surface area contributed by atoms with Gasteiger partial charge in [-0.25, -0.2) is 9.97 Å². The van der Waals surface area contributed by atoms with Crippen molar-refractivity contribution >= 4 is 47.0 Å². The number of piperazine rings is 1. The third-order valence-electron chi connectivity index (χ3n) is 10.7. The second-order valence-corrected chi connectivity index (χ2v) is 14.4. The van der Waals surface area contributed by atoms with Crippen LogP contribution in [0.3, 0.4) is 0 Å². The third kappa shape index (κ3) is 6.92. The van der Waals surface area contributed by atoms with Crippen molar-refractivity contribution in [2.75, 3.05) is 44.2 Å². The number of aliphatic hydroxyl groups is 1. The zero-order chi connectivity index (χ0) is 36.5. The van der Waals surface area contributed by atoms with E-state index in [4.69, 9.17) is 11.6 Å². The van der Waals surface area contributed by atoms with Gasteiger partial charge in [0.15, 0.2) is 0 Å². The molecule has 272 valence electrons. The number of aromatic nitrogens is 2. The zero-order valence-electron chi connectivity index (χ0n) is 29.0. The molecular weight excluding hydrogens is 686 g/mol. The molecule has 5 amide bonds. The fourth-order valence-corrected chi connectivity index (χ4v) is 8.09. The normalized spacial score (nSPS) is 22.1. The summed E-state index contributed by atoms with van der Waals surface area (Å²) in [5.74, 6) is -1.41. The van der Waals surface area contributed by atoms with Crippen LogP contribution in [0.1, 0.15) is 100 Å². The van der Waals surface area contributed by atoms with Gasteiger partial charge in [-0.2, -0.15) is 0 Å². The van der Waals surface area contributed by atoms with Crippen LogP contribution < -0.4 is 15.5 Å². The molecular formula is C38H42ClN7O6. The van der Waals surface area contributed by atoms with Gasteiger partial charge < -0.3 is 20.2 Å². The number of benzene rings is 2. The van der Waals surface area contributed by atoms with Gasteiger partial charge in [-0.3, -0.25) is 34.2 Å². The van der Waals surface area contributed by atoms with Crippen LogP contribution in [0.5, 0.6) is 0 Å². The van der Waals surface area contributed by atoms with E-state index in [1.165, 1.54) is 6.33 Å². The van der Waals surface area contributed by atoms with Crippen molar-refractivity contribution in [3.05, 3.63) is 87.3 Å². The van der Waals surface area contributed by atoms with Crippen molar-refractivity contribution in [2.45, 2.75) is 69.4 Å². The zero-order valence-corrected chi connectivity index (χ0v) is 29.8. The maximum Gasteiger partial charge on any atom is 0.262 e. The van der Waals surface area contributed by atoms with Gasteiger partial charge in [-0.1, -0.05) is 42.8 Å². The Bertz CT molecular complexity index is 1900. The van der Waals surface area contributed by atoms with E-state index in [9.17, 15) is 29.1 Å². The van der Waals surface area contributed by atoms with E-state index in [-0.39, 0.29) is 30.2 Å². The Morgan fingerprint density at radius 2 is 1.79 bits per heavy atom. The molecule has 13 nitrogen and oxygen atoms in total. The third-order valence-corrected chi connectivity index (χ3v) is 10.9. The SMILES string of the molecule is C[C@@H]1C[C@@H](O)c2ncnc(N3CCN(C(=O)[C@H](CNCCCCc4cccc5c4C(=O)N(C4CCC(=O)NC4=O)C5=O)c4ccc(Cl)cc4)CC3)c21. The summed E-state index contributed by atoms with van der Waals surface area (Å²) in [6, 6.07) is 11.6. The van der Waals surface area contributed by atoms with Crippen molar-refractivity contribution in [3.63, 3.8) is 0 Å². The highest BCUT2D eigenvalue weighted by atomic mass is 35.5. The summed E-state index contributed by atoms with van der Waals surface area (Å²) >= 11 is 6.19. The Morgan fingerprint density at radius 3 is 2.54 bits per heavy atom. The van der Waals surface area contributed by atoms with Crippen LogP contribution in [-0.2, 0) is 20.8 Å². The summed E-state index contributed by atoms with van der Waals surface area (Å²) in [4.78, 5) is 78.8. The Hall–Kier alpha value is -4.72. The predicted octanol–water partition coefficient (Wildman–Crippen LogP) is 3.12. The highest BCUT2D eigenvalue weighted by Crippen LogP contribution is 2.43. The van der Waals surface area contributed by atoms with Gasteiger partial charge in [-0.05, 0) is 73.9 Å². The first-order chi connectivity index (χ1) is 25.1. The molecule has 4 aliphatic rings. The number of fused-ring (bicyclic) bond motifs is 2. The van der Waals surface area contributed by atoms with Gasteiger partial charge in [-0.15, -0.1) is 0 Å². The van der Waals surface area contributed by atoms with Crippen LogP contribution in [0.25, 0.3) is 0 Å². The molecule has 0 bridgehead atoms. The maximum atomic E-state index is 14.0. The minimum atomic E-state index is -1.000. The topological polar surface area (TPSA) is 165 Å². The Balaban J connectivity index is 0.942. The van der Waals surface area contributed by atoms with E-state index in [0.29, 0.717) is 68.4 Å². The molecule has 3 N–H and O–H groups in total. The lowest BCUT2D eigenvalue weighted by Gasteiger charge is -2.38. The average molecular weight is 728 g/mol. The van der Waals surface area contributed by atoms with Crippen LogP contribution in [-0.4, -0.2) is 99.7 Å². The number of rotatable bonds is 11. The van der Waals surface area contributed by atoms with Crippen LogP contribution in [0.15, 0.2) is 48.8 Å². The maximum absolute atomic E-state index is 14.0. The molecule has 0 saturated carbocycles. The van der Waals surface area contributed by atoms with E-state index in [1.807, 2.05) is 23.1 Å². The molecule has 2 saturated heterocycles. The lowest BCUT2D eigenvalue weighted by molar-refractivity contribution is -0.136. The molecule has 3 aromatic rings. The largest absolute Gasteiger partial charge is 0.387 e. The lowest BCUT2D eigenvalue weighted by Crippen LogP contribution is -2.54. The van der Waals surface area contributed by atoms with Crippen LogP contribution in [0.4, 0.5) is 5.82 Å². The fraction of sp³-hybridized carbons (Fsp3) is 0.447. The first-order valence-corrected chi connectivity index (χ1v) is 18.4. The number of halogens is 1. The van der Waals surface area contributed by atoms with Gasteiger partial charge >= 0.3 is 0 Å². The standard InChI is InChI=1S/C38H42ClN7O6/c1-22-19-29(47)33-31(22)34(42-21-41-33)44-15-17-45(18-16-44)36(50)27(23-8-10-25(39)11-9-23)20-40-14-3-2-5-24-6-4-7-26-32(24)38(52)46(37(26)51)28-12-13-30(48)43-35(28)49/h4,6-11,21-22,27-29,40,47H,2-3,5,12-20H2,1H3,(H,43,48,49)/t22-,27-,28?,29-/m1/s1. The van der Waals surface area contributed by atoms with Crippen molar-refractivity contribution in [1.82, 2.24) is 30.4 Å². The lowest BCUT2D eigenvalue weighted by atomic mass is 9.96. The molecule has 1 aromatic heterocycles. The molecule has 0 radical (unpaired) electrons. The number of unbranched alkanes of at least 4 members (excludes halogenated alkanes) is 1. The van der Waals surface area contributed by atoms with Gasteiger partial charge in [0.1, 0.15) is 18.2 Å². The molecule has 4 heterocycles. The number of nitrogens with one attached hydrogen (secondary N) is 2. The van der Waals surface area contributed by atoms with Gasteiger partial charge in [0.25, 0.3) is 11.8 Å². The van der Waals surface area contributed by atoms with Crippen molar-refractivity contribution in [2.24, 2.45) is 0 Å². The molecule has 14 heteroatoms. The van der Waals surface area contributed by atoms with E-state index in [0.717, 1.165) is 40.2 Å². The number of aliphatic hydroxyl groups excluding tert-OH is 1. The predicted molar refractivity (Wildman–Crippen MR) is 192 cm³/mol. The number of hydrogen-bond donors (Lipinski definition) is 3. The number of aryl methyl sites for hydroxylation is 1. The fourth-order valence-electron chi connectivity index (χ4n) is 7.96. The van der Waals surface area contributed by atoms with Crippen LogP contribution >= 0.6 is 11.6 Å². The molecule has 1 aliphatic carbocycles. The number of nitrogens with zero attached hydrogens (tertiary/aromatic N) is 5. The second-order valence-electron chi connectivity index (χ2n) is 14.0. The molecule has 0 spiro atoms. The number of hydrogen-bond acceptors (Lipinski definition) is 10. The van der Waals surface area contributed by atoms with Crippen LogP contribution in [0.2, 0.25) is 5.02 Å². The number of amides is 5. The molecule has 4 atom stereocenters. The van der Waals surface area contributed by atoms with Crippen LogP contribution in [0, 0.1) is 0 Å². The highest BCUT2D eigenvalue weighted by molar-refractivity contribution is 6.30. The van der Waals surface area contributed by atoms with E-state index >= 15 is 0 Å². The van der Waals surface area contributed by atoms with Crippen molar-refractivity contribution < 1.29 is 29.1 Å². The molecule has 2 aromatic carbocycles. The number of imide groups is 2. The summed E-state index contributed by atoms with van der Waals surface area (Å²) in [6.07, 6.45) is 3.81. The molecule has 2 fully saturated rings. The van der Waals surface area contributed by atoms with Crippen molar-refractivity contribution in [3.8, 4) is 0 Å². The van der Waals surface area contributed by atoms with Gasteiger partial charge in [0.05, 0.1) is 28.8 Å². The highest BCUT2D eigenvalue weighted by Gasteiger charge is 2.45. The Labute approximate surface area is 306 Å². The summed E-state index contributed by atoms with van der Waals surface area (Å²) in [5.41, 5.74) is 3.95. The quantitative estimate of drug-likeness (QED) is 0.198. The second kappa shape index (κ2) is 15.1. The number of carbonyl (C=O) groups is 5. The molecule has 1 unspecified atom stereocenters. The minimum Gasteiger partial charge on any atom is -0.387 e. The average Bonchev–Trinajstić information content (AvgIpc) is 3.58.